The Morgan fingerprint density at radius 3 is 2.39 bits per heavy atom. The van der Waals surface area contributed by atoms with Gasteiger partial charge in [-0.25, -0.2) is 9.97 Å². The first-order chi connectivity index (χ1) is 8.36. The Balaban J connectivity index is 2.88. The number of hydrogen-bond acceptors (Lipinski definition) is 3. The highest BCUT2D eigenvalue weighted by Gasteiger charge is 2.26. The molecule has 0 bridgehead atoms. The number of benzene rings is 1. The molecule has 3 nitrogen and oxygen atoms in total. The molecule has 0 atom stereocenters. The first kappa shape index (κ1) is 13.6. The summed E-state index contributed by atoms with van der Waals surface area (Å²) in [6.45, 7) is 6.60. The second-order valence-corrected chi connectivity index (χ2v) is 10.9. The maximum Gasteiger partial charge on any atom is 0.224 e. The third-order valence-electron chi connectivity index (χ3n) is 2.73. The number of ether oxygens (including phenoxy) is 1. The summed E-state index contributed by atoms with van der Waals surface area (Å²) in [6, 6.07) is 1.84. The van der Waals surface area contributed by atoms with E-state index in [4.69, 9.17) is 27.9 Å². The van der Waals surface area contributed by atoms with E-state index in [2.05, 4.69) is 29.6 Å². The largest absolute Gasteiger partial charge is 0.480 e. The fourth-order valence-corrected chi connectivity index (χ4v) is 5.73. The molecule has 0 N–H and O–H groups in total. The van der Waals surface area contributed by atoms with Crippen LogP contribution in [0, 0.1) is 0 Å². The van der Waals surface area contributed by atoms with Crippen LogP contribution >= 0.6 is 23.2 Å². The van der Waals surface area contributed by atoms with Gasteiger partial charge in [-0.1, -0.05) is 42.8 Å². The molecule has 0 unspecified atom stereocenters. The summed E-state index contributed by atoms with van der Waals surface area (Å²) in [7, 11) is -0.0669. The van der Waals surface area contributed by atoms with E-state index >= 15 is 0 Å². The standard InChI is InChI=1S/C12H14Cl2N2OSi/c1-17-12-7-5-8(13)11(18(2,3)4)9(14)10(7)15-6-16-12/h5-6H,1-4H3. The minimum Gasteiger partial charge on any atom is -0.480 e. The first-order valence-electron chi connectivity index (χ1n) is 5.53. The Kier molecular flexibility index (Phi) is 3.53. The minimum atomic E-state index is -1.63. The smallest absolute Gasteiger partial charge is 0.224 e. The Hall–Kier alpha value is -0.843. The van der Waals surface area contributed by atoms with Crippen molar-refractivity contribution in [3.63, 3.8) is 0 Å². The summed E-state index contributed by atoms with van der Waals surface area (Å²) in [4.78, 5) is 8.31. The monoisotopic (exact) mass is 300 g/mol. The molecule has 0 fully saturated rings. The van der Waals surface area contributed by atoms with Crippen molar-refractivity contribution in [3.8, 4) is 5.88 Å². The highest BCUT2D eigenvalue weighted by molar-refractivity contribution is 6.92. The Morgan fingerprint density at radius 2 is 1.83 bits per heavy atom. The van der Waals surface area contributed by atoms with Crippen molar-refractivity contribution in [2.45, 2.75) is 19.6 Å². The number of halogens is 2. The fourth-order valence-electron chi connectivity index (χ4n) is 1.96. The summed E-state index contributed by atoms with van der Waals surface area (Å²) in [5, 5.41) is 3.06. The molecule has 18 heavy (non-hydrogen) atoms. The zero-order valence-corrected chi connectivity index (χ0v) is 13.2. The van der Waals surface area contributed by atoms with Crippen molar-refractivity contribution in [3.05, 3.63) is 22.4 Å². The zero-order valence-electron chi connectivity index (χ0n) is 10.7. The van der Waals surface area contributed by atoms with E-state index in [1.165, 1.54) is 6.33 Å². The summed E-state index contributed by atoms with van der Waals surface area (Å²) in [5.74, 6) is 0.492. The van der Waals surface area contributed by atoms with Crippen LogP contribution in [0.4, 0.5) is 0 Å². The van der Waals surface area contributed by atoms with E-state index in [-0.39, 0.29) is 0 Å². The Bertz CT molecular complexity index is 611. The molecular formula is C12H14Cl2N2OSi. The molecule has 6 heteroatoms. The van der Waals surface area contributed by atoms with E-state index in [9.17, 15) is 0 Å². The van der Waals surface area contributed by atoms with Crippen molar-refractivity contribution in [2.24, 2.45) is 0 Å². The Labute approximate surface area is 117 Å². The van der Waals surface area contributed by atoms with Gasteiger partial charge in [0, 0.05) is 5.02 Å². The van der Waals surface area contributed by atoms with Crippen molar-refractivity contribution in [1.29, 1.82) is 0 Å². The average molecular weight is 301 g/mol. The minimum absolute atomic E-state index is 0.492. The SMILES string of the molecule is COc1ncnc2c(Cl)c([Si](C)(C)C)c(Cl)cc12. The van der Waals surface area contributed by atoms with Crippen LogP contribution in [0.25, 0.3) is 10.9 Å². The number of rotatable bonds is 2. The number of nitrogens with zero attached hydrogens (tertiary/aromatic N) is 2. The van der Waals surface area contributed by atoms with Gasteiger partial charge in [0.15, 0.2) is 0 Å². The van der Waals surface area contributed by atoms with Crippen LogP contribution in [0.1, 0.15) is 0 Å². The fraction of sp³-hybridized carbons (Fsp3) is 0.333. The molecule has 0 amide bonds. The normalized spacial score (nSPS) is 11.9. The van der Waals surface area contributed by atoms with Gasteiger partial charge in [-0.3, -0.25) is 0 Å². The molecule has 2 aromatic rings. The lowest BCUT2D eigenvalue weighted by molar-refractivity contribution is 0.402. The number of hydrogen-bond donors (Lipinski definition) is 0. The maximum atomic E-state index is 6.46. The lowest BCUT2D eigenvalue weighted by Crippen LogP contribution is -2.39. The van der Waals surface area contributed by atoms with Crippen molar-refractivity contribution < 1.29 is 4.74 Å². The van der Waals surface area contributed by atoms with Crippen molar-refractivity contribution >= 4 is 47.4 Å². The van der Waals surface area contributed by atoms with Crippen LogP contribution in [0.5, 0.6) is 5.88 Å². The predicted molar refractivity (Wildman–Crippen MR) is 79.1 cm³/mol. The maximum absolute atomic E-state index is 6.46. The Morgan fingerprint density at radius 1 is 1.17 bits per heavy atom. The first-order valence-corrected chi connectivity index (χ1v) is 9.79. The molecule has 96 valence electrons. The lowest BCUT2D eigenvalue weighted by Gasteiger charge is -2.21. The van der Waals surface area contributed by atoms with E-state index < -0.39 is 8.07 Å². The predicted octanol–water partition coefficient (Wildman–Crippen LogP) is 3.49. The van der Waals surface area contributed by atoms with Gasteiger partial charge in [-0.2, -0.15) is 0 Å². The average Bonchev–Trinajstić information content (AvgIpc) is 2.26. The van der Waals surface area contributed by atoms with Crippen LogP contribution in [0.15, 0.2) is 12.4 Å². The molecule has 0 saturated carbocycles. The van der Waals surface area contributed by atoms with Crippen molar-refractivity contribution in [2.75, 3.05) is 7.11 Å². The summed E-state index contributed by atoms with van der Waals surface area (Å²) in [5.41, 5.74) is 0.699. The molecule has 1 heterocycles. The van der Waals surface area contributed by atoms with Gasteiger partial charge >= 0.3 is 0 Å². The van der Waals surface area contributed by atoms with Gasteiger partial charge < -0.3 is 4.74 Å². The van der Waals surface area contributed by atoms with Gasteiger partial charge in [0.05, 0.1) is 31.1 Å². The topological polar surface area (TPSA) is 35.0 Å². The molecular weight excluding hydrogens is 287 g/mol. The third-order valence-corrected chi connectivity index (χ3v) is 5.73. The molecule has 1 aromatic carbocycles. The van der Waals surface area contributed by atoms with Crippen LogP contribution in [0.3, 0.4) is 0 Å². The molecule has 0 saturated heterocycles. The third kappa shape index (κ3) is 2.20. The number of methoxy groups -OCH3 is 1. The lowest BCUT2D eigenvalue weighted by atomic mass is 10.2. The zero-order chi connectivity index (χ0) is 13.5. The van der Waals surface area contributed by atoms with Gasteiger partial charge in [-0.05, 0) is 11.3 Å². The van der Waals surface area contributed by atoms with Crippen LogP contribution in [-0.4, -0.2) is 25.2 Å². The van der Waals surface area contributed by atoms with Gasteiger partial charge in [0.1, 0.15) is 6.33 Å². The van der Waals surface area contributed by atoms with E-state index in [0.29, 0.717) is 21.4 Å². The number of aromatic nitrogens is 2. The van der Waals surface area contributed by atoms with E-state index in [1.807, 2.05) is 6.07 Å². The summed E-state index contributed by atoms with van der Waals surface area (Å²) >= 11 is 12.8. The molecule has 0 aliphatic carbocycles. The van der Waals surface area contributed by atoms with Crippen molar-refractivity contribution in [1.82, 2.24) is 9.97 Å². The van der Waals surface area contributed by atoms with Gasteiger partial charge in [0.25, 0.3) is 0 Å². The van der Waals surface area contributed by atoms with Crippen LogP contribution in [0.2, 0.25) is 29.7 Å². The molecule has 0 radical (unpaired) electrons. The summed E-state index contributed by atoms with van der Waals surface area (Å²) < 4.78 is 5.21. The second-order valence-electron chi connectivity index (χ2n) is 5.08. The molecule has 0 spiro atoms. The van der Waals surface area contributed by atoms with Crippen LogP contribution in [-0.2, 0) is 0 Å². The molecule has 1 aromatic heterocycles. The van der Waals surface area contributed by atoms with E-state index in [0.717, 1.165) is 10.6 Å². The molecule has 2 rings (SSSR count). The quantitative estimate of drug-likeness (QED) is 0.796. The molecule has 0 aliphatic heterocycles. The molecule has 0 aliphatic rings. The van der Waals surface area contributed by atoms with Gasteiger partial charge in [0.2, 0.25) is 5.88 Å². The highest BCUT2D eigenvalue weighted by Crippen LogP contribution is 2.31. The second kappa shape index (κ2) is 4.68. The number of fused-ring (bicyclic) bond motifs is 1. The highest BCUT2D eigenvalue weighted by atomic mass is 35.5. The summed E-state index contributed by atoms with van der Waals surface area (Å²) in [6.07, 6.45) is 1.45. The van der Waals surface area contributed by atoms with Gasteiger partial charge in [-0.15, -0.1) is 0 Å². The van der Waals surface area contributed by atoms with Crippen LogP contribution < -0.4 is 9.92 Å². The van der Waals surface area contributed by atoms with E-state index in [1.54, 1.807) is 7.11 Å².